The van der Waals surface area contributed by atoms with Gasteiger partial charge in [0.05, 0.1) is 6.10 Å². The van der Waals surface area contributed by atoms with E-state index in [0.717, 1.165) is 12.8 Å². The monoisotopic (exact) mass is 168 g/mol. The molecule has 2 nitrogen and oxygen atoms in total. The number of ketones is 1. The van der Waals surface area contributed by atoms with Crippen molar-refractivity contribution < 1.29 is 9.53 Å². The molecule has 0 aromatic carbocycles. The van der Waals surface area contributed by atoms with Gasteiger partial charge in [-0.25, -0.2) is 0 Å². The second-order valence-corrected chi connectivity index (χ2v) is 4.58. The first kappa shape index (κ1) is 8.24. The van der Waals surface area contributed by atoms with Crippen LogP contribution in [0.3, 0.4) is 0 Å². The largest absolute Gasteiger partial charge is 0.358 e. The molecule has 2 fully saturated rings. The van der Waals surface area contributed by atoms with Crippen molar-refractivity contribution in [3.63, 3.8) is 0 Å². The number of ether oxygens (including phenoxy) is 1. The predicted molar refractivity (Wildman–Crippen MR) is 45.8 cm³/mol. The number of hydrogen-bond acceptors (Lipinski definition) is 2. The second kappa shape index (κ2) is 2.32. The van der Waals surface area contributed by atoms with Crippen LogP contribution in [0.5, 0.6) is 0 Å². The molecule has 1 aliphatic carbocycles. The van der Waals surface area contributed by atoms with Crippen molar-refractivity contribution in [3.05, 3.63) is 0 Å². The van der Waals surface area contributed by atoms with Crippen LogP contribution in [-0.4, -0.2) is 17.5 Å². The summed E-state index contributed by atoms with van der Waals surface area (Å²) in [6.07, 6.45) is 2.05. The van der Waals surface area contributed by atoms with Gasteiger partial charge in [0.25, 0.3) is 0 Å². The third-order valence-corrected chi connectivity index (χ3v) is 3.41. The number of Topliss-reactive ketones (excluding diaryl/α,β-unsaturated/α-hetero) is 1. The normalized spacial score (nSPS) is 46.2. The van der Waals surface area contributed by atoms with E-state index in [1.165, 1.54) is 0 Å². The van der Waals surface area contributed by atoms with E-state index in [1.54, 1.807) is 0 Å². The first-order valence-corrected chi connectivity index (χ1v) is 4.75. The van der Waals surface area contributed by atoms with Gasteiger partial charge in [-0.15, -0.1) is 0 Å². The quantitative estimate of drug-likeness (QED) is 0.558. The van der Waals surface area contributed by atoms with Crippen LogP contribution in [0.15, 0.2) is 0 Å². The van der Waals surface area contributed by atoms with E-state index in [9.17, 15) is 4.79 Å². The van der Waals surface area contributed by atoms with Crippen LogP contribution >= 0.6 is 0 Å². The van der Waals surface area contributed by atoms with Crippen LogP contribution in [0.25, 0.3) is 0 Å². The molecule has 0 aromatic rings. The van der Waals surface area contributed by atoms with Gasteiger partial charge in [0.1, 0.15) is 5.60 Å². The number of carbonyl (C=O) groups is 1. The molecule has 2 rings (SSSR count). The van der Waals surface area contributed by atoms with Gasteiger partial charge in [-0.3, -0.25) is 4.79 Å². The van der Waals surface area contributed by atoms with Gasteiger partial charge in [0, 0.05) is 6.42 Å². The molecule has 0 amide bonds. The van der Waals surface area contributed by atoms with Crippen molar-refractivity contribution in [2.75, 3.05) is 0 Å². The molecule has 0 aromatic heterocycles. The third-order valence-electron chi connectivity index (χ3n) is 3.41. The van der Waals surface area contributed by atoms with Gasteiger partial charge in [-0.1, -0.05) is 13.8 Å². The van der Waals surface area contributed by atoms with Crippen LogP contribution in [0.1, 0.15) is 33.6 Å². The van der Waals surface area contributed by atoms with Gasteiger partial charge in [-0.2, -0.15) is 0 Å². The van der Waals surface area contributed by atoms with Crippen molar-refractivity contribution in [2.45, 2.75) is 45.3 Å². The highest BCUT2D eigenvalue weighted by atomic mass is 16.6. The summed E-state index contributed by atoms with van der Waals surface area (Å²) < 4.78 is 5.41. The number of hydrogen-bond donors (Lipinski definition) is 0. The lowest BCUT2D eigenvalue weighted by Gasteiger charge is -2.24. The fourth-order valence-electron chi connectivity index (χ4n) is 2.09. The van der Waals surface area contributed by atoms with E-state index >= 15 is 0 Å². The molecule has 1 heterocycles. The summed E-state index contributed by atoms with van der Waals surface area (Å²) in [5, 5.41) is 0. The zero-order valence-electron chi connectivity index (χ0n) is 7.96. The highest BCUT2D eigenvalue weighted by Gasteiger charge is 2.61. The van der Waals surface area contributed by atoms with Crippen LogP contribution in [-0.2, 0) is 9.53 Å². The summed E-state index contributed by atoms with van der Waals surface area (Å²) in [5.41, 5.74) is -0.370. The summed E-state index contributed by atoms with van der Waals surface area (Å²) in [6, 6.07) is 0. The van der Waals surface area contributed by atoms with Gasteiger partial charge < -0.3 is 4.74 Å². The molecule has 12 heavy (non-hydrogen) atoms. The maximum absolute atomic E-state index is 11.5. The maximum atomic E-state index is 11.5. The fourth-order valence-corrected chi connectivity index (χ4v) is 2.09. The molecule has 1 aliphatic heterocycles. The van der Waals surface area contributed by atoms with Gasteiger partial charge in [0.15, 0.2) is 5.78 Å². The average Bonchev–Trinajstić information content (AvgIpc) is 2.62. The third kappa shape index (κ3) is 1.01. The zero-order chi connectivity index (χ0) is 8.93. The second-order valence-electron chi connectivity index (χ2n) is 4.58. The molecular weight excluding hydrogens is 152 g/mol. The number of fused-ring (bicyclic) bond motifs is 1. The highest BCUT2D eigenvalue weighted by molar-refractivity contribution is 5.91. The highest BCUT2D eigenvalue weighted by Crippen LogP contribution is 2.48. The van der Waals surface area contributed by atoms with Crippen LogP contribution < -0.4 is 0 Å². The molecule has 1 unspecified atom stereocenters. The van der Waals surface area contributed by atoms with Crippen LogP contribution in [0.4, 0.5) is 0 Å². The maximum Gasteiger partial charge on any atom is 0.167 e. The van der Waals surface area contributed by atoms with E-state index in [-0.39, 0.29) is 11.7 Å². The standard InChI is InChI=1S/C10H16O2/c1-6(2)7-4-8(11)10(3)9(5-7)12-10/h6-7,9H,4-5H2,1-3H3/t7-,9?,10-/m0/s1. The molecule has 1 saturated heterocycles. The summed E-state index contributed by atoms with van der Waals surface area (Å²) in [5.74, 6) is 1.48. The average molecular weight is 168 g/mol. The molecule has 68 valence electrons. The number of epoxide rings is 1. The van der Waals surface area contributed by atoms with E-state index in [1.807, 2.05) is 6.92 Å². The Kier molecular flexibility index (Phi) is 1.59. The summed E-state index contributed by atoms with van der Waals surface area (Å²) in [6.45, 7) is 6.29. The lowest BCUT2D eigenvalue weighted by molar-refractivity contribution is -0.125. The van der Waals surface area contributed by atoms with Crippen molar-refractivity contribution in [1.82, 2.24) is 0 Å². The molecule has 2 aliphatic rings. The number of carbonyl (C=O) groups excluding carboxylic acids is 1. The Hall–Kier alpha value is -0.370. The van der Waals surface area contributed by atoms with Gasteiger partial charge in [-0.05, 0) is 25.2 Å². The first-order chi connectivity index (χ1) is 5.54. The predicted octanol–water partition coefficient (Wildman–Crippen LogP) is 1.78. The van der Waals surface area contributed by atoms with Gasteiger partial charge in [0.2, 0.25) is 0 Å². The SMILES string of the molecule is CC(C)[C@H]1CC(=O)[C@]2(C)OC2C1. The minimum Gasteiger partial charge on any atom is -0.358 e. The van der Waals surface area contributed by atoms with E-state index in [4.69, 9.17) is 4.74 Å². The summed E-state index contributed by atoms with van der Waals surface area (Å²) >= 11 is 0. The lowest BCUT2D eigenvalue weighted by atomic mass is 9.77. The Labute approximate surface area is 73.3 Å². The molecule has 0 radical (unpaired) electrons. The Bertz CT molecular complexity index is 222. The smallest absolute Gasteiger partial charge is 0.167 e. The van der Waals surface area contributed by atoms with Crippen molar-refractivity contribution >= 4 is 5.78 Å². The molecule has 0 N–H and O–H groups in total. The van der Waals surface area contributed by atoms with Crippen molar-refractivity contribution in [1.29, 1.82) is 0 Å². The zero-order valence-corrected chi connectivity index (χ0v) is 7.96. The lowest BCUT2D eigenvalue weighted by Crippen LogP contribution is -2.33. The molecule has 0 bridgehead atoms. The molecule has 3 atom stereocenters. The Morgan fingerprint density at radius 2 is 2.25 bits per heavy atom. The van der Waals surface area contributed by atoms with Crippen LogP contribution in [0, 0.1) is 11.8 Å². The Balaban J connectivity index is 2.07. The summed E-state index contributed by atoms with van der Waals surface area (Å²) in [7, 11) is 0. The number of rotatable bonds is 1. The Morgan fingerprint density at radius 1 is 1.58 bits per heavy atom. The van der Waals surface area contributed by atoms with E-state index in [2.05, 4.69) is 13.8 Å². The minimum atomic E-state index is -0.370. The summed E-state index contributed by atoms with van der Waals surface area (Å²) in [4.78, 5) is 11.5. The van der Waals surface area contributed by atoms with Crippen molar-refractivity contribution in [2.24, 2.45) is 11.8 Å². The minimum absolute atomic E-state index is 0.242. The topological polar surface area (TPSA) is 29.6 Å². The fraction of sp³-hybridized carbons (Fsp3) is 0.900. The van der Waals surface area contributed by atoms with E-state index < -0.39 is 0 Å². The van der Waals surface area contributed by atoms with E-state index in [0.29, 0.717) is 17.6 Å². The molecule has 0 spiro atoms. The molecule has 1 saturated carbocycles. The molecule has 2 heteroatoms. The van der Waals surface area contributed by atoms with Crippen molar-refractivity contribution in [3.8, 4) is 0 Å². The first-order valence-electron chi connectivity index (χ1n) is 4.75. The van der Waals surface area contributed by atoms with Crippen LogP contribution in [0.2, 0.25) is 0 Å². The van der Waals surface area contributed by atoms with Gasteiger partial charge >= 0.3 is 0 Å². The Morgan fingerprint density at radius 3 is 2.75 bits per heavy atom. The molecular formula is C10H16O2.